The number of thioether (sulfide) groups is 1. The SMILES string of the molecule is CCCn1c(SCC(=O)c2[nH]c(C)c(C(=O)OCC)c2C)nc2sc3c(c2c1=O)CCCC3. The smallest absolute Gasteiger partial charge is 0.340 e. The third-order valence-corrected chi connectivity index (χ3v) is 8.18. The van der Waals surface area contributed by atoms with Gasteiger partial charge in [0.15, 0.2) is 10.9 Å². The number of H-pyrrole nitrogens is 1. The molecule has 3 aromatic heterocycles. The predicted octanol–water partition coefficient (Wildman–Crippen LogP) is 4.84. The lowest BCUT2D eigenvalue weighted by molar-refractivity contribution is 0.0525. The zero-order valence-corrected chi connectivity index (χ0v) is 21.1. The van der Waals surface area contributed by atoms with Gasteiger partial charge in [0.25, 0.3) is 5.56 Å². The van der Waals surface area contributed by atoms with Gasteiger partial charge in [-0.25, -0.2) is 9.78 Å². The molecule has 0 amide bonds. The number of thiophene rings is 1. The monoisotopic (exact) mass is 487 g/mol. The molecule has 0 saturated carbocycles. The molecule has 0 saturated heterocycles. The fourth-order valence-electron chi connectivity index (χ4n) is 4.49. The summed E-state index contributed by atoms with van der Waals surface area (Å²) in [6.07, 6.45) is 5.02. The lowest BCUT2D eigenvalue weighted by atomic mass is 9.97. The Hall–Kier alpha value is -2.39. The molecule has 0 aliphatic heterocycles. The highest BCUT2D eigenvalue weighted by atomic mass is 32.2. The summed E-state index contributed by atoms with van der Waals surface area (Å²) >= 11 is 2.90. The van der Waals surface area contributed by atoms with Crippen molar-refractivity contribution in [3.05, 3.63) is 43.3 Å². The van der Waals surface area contributed by atoms with Gasteiger partial charge in [0.1, 0.15) is 4.83 Å². The molecule has 1 aliphatic rings. The molecule has 0 spiro atoms. The number of nitrogens with zero attached hydrogens (tertiary/aromatic N) is 2. The van der Waals surface area contributed by atoms with Gasteiger partial charge < -0.3 is 9.72 Å². The molecule has 0 bridgehead atoms. The number of aromatic amines is 1. The highest BCUT2D eigenvalue weighted by Gasteiger charge is 2.25. The third-order valence-electron chi connectivity index (χ3n) is 6.02. The van der Waals surface area contributed by atoms with Crippen molar-refractivity contribution in [3.8, 4) is 0 Å². The van der Waals surface area contributed by atoms with Gasteiger partial charge >= 0.3 is 5.97 Å². The molecule has 0 aromatic carbocycles. The van der Waals surface area contributed by atoms with Crippen molar-refractivity contribution in [2.75, 3.05) is 12.4 Å². The Kier molecular flexibility index (Phi) is 7.09. The van der Waals surface area contributed by atoms with Gasteiger partial charge in [0, 0.05) is 17.1 Å². The minimum atomic E-state index is -0.430. The van der Waals surface area contributed by atoms with E-state index >= 15 is 0 Å². The number of ketones is 1. The summed E-state index contributed by atoms with van der Waals surface area (Å²) in [5, 5.41) is 1.35. The maximum Gasteiger partial charge on any atom is 0.340 e. The first-order valence-electron chi connectivity index (χ1n) is 11.4. The van der Waals surface area contributed by atoms with E-state index in [0.29, 0.717) is 34.2 Å². The van der Waals surface area contributed by atoms with Gasteiger partial charge in [-0.15, -0.1) is 11.3 Å². The molecule has 176 valence electrons. The van der Waals surface area contributed by atoms with E-state index < -0.39 is 5.97 Å². The summed E-state index contributed by atoms with van der Waals surface area (Å²) in [6.45, 7) is 8.13. The molecule has 0 fully saturated rings. The van der Waals surface area contributed by atoms with E-state index in [-0.39, 0.29) is 23.7 Å². The van der Waals surface area contributed by atoms with Crippen LogP contribution in [-0.4, -0.2) is 38.6 Å². The van der Waals surface area contributed by atoms with E-state index in [4.69, 9.17) is 9.72 Å². The number of hydrogen-bond acceptors (Lipinski definition) is 7. The highest BCUT2D eigenvalue weighted by Crippen LogP contribution is 2.35. The second kappa shape index (κ2) is 9.85. The Bertz CT molecular complexity index is 1290. The summed E-state index contributed by atoms with van der Waals surface area (Å²) < 4.78 is 6.84. The number of aromatic nitrogens is 3. The summed E-state index contributed by atoms with van der Waals surface area (Å²) in [4.78, 5) is 48.7. The number of nitrogens with one attached hydrogen (secondary N) is 1. The quantitative estimate of drug-likeness (QED) is 0.211. The van der Waals surface area contributed by atoms with Crippen LogP contribution in [0.4, 0.5) is 0 Å². The van der Waals surface area contributed by atoms with Crippen molar-refractivity contribution in [3.63, 3.8) is 0 Å². The average molecular weight is 488 g/mol. The van der Waals surface area contributed by atoms with E-state index in [1.54, 1.807) is 36.7 Å². The number of esters is 1. The van der Waals surface area contributed by atoms with Crippen LogP contribution in [0.25, 0.3) is 10.2 Å². The van der Waals surface area contributed by atoms with Crippen LogP contribution in [0, 0.1) is 13.8 Å². The van der Waals surface area contributed by atoms with E-state index in [1.165, 1.54) is 22.2 Å². The molecule has 0 radical (unpaired) electrons. The topological polar surface area (TPSA) is 94.1 Å². The fraction of sp³-hybridized carbons (Fsp3) is 0.500. The molecular formula is C24H29N3O4S2. The average Bonchev–Trinajstić information content (AvgIpc) is 3.31. The van der Waals surface area contributed by atoms with E-state index in [9.17, 15) is 14.4 Å². The number of Topliss-reactive ketones (excluding diaryl/α,β-unsaturated/α-hetero) is 1. The summed E-state index contributed by atoms with van der Waals surface area (Å²) in [7, 11) is 0. The minimum Gasteiger partial charge on any atom is -0.462 e. The second-order valence-electron chi connectivity index (χ2n) is 8.30. The second-order valence-corrected chi connectivity index (χ2v) is 10.3. The predicted molar refractivity (Wildman–Crippen MR) is 132 cm³/mol. The number of carbonyl (C=O) groups is 2. The van der Waals surface area contributed by atoms with Gasteiger partial charge in [-0.05, 0) is 64.0 Å². The number of ether oxygens (including phenoxy) is 1. The molecule has 9 heteroatoms. The van der Waals surface area contributed by atoms with Crippen LogP contribution in [0.2, 0.25) is 0 Å². The first kappa shape index (κ1) is 23.8. The molecule has 0 unspecified atom stereocenters. The van der Waals surface area contributed by atoms with Crippen LogP contribution < -0.4 is 5.56 Å². The number of rotatable bonds is 8. The van der Waals surface area contributed by atoms with E-state index in [1.807, 2.05) is 6.92 Å². The minimum absolute atomic E-state index is 0.00712. The summed E-state index contributed by atoms with van der Waals surface area (Å²) in [5.41, 5.74) is 3.22. The Morgan fingerprint density at radius 3 is 2.70 bits per heavy atom. The standard InChI is InChI=1S/C24H29N3O4S2/c1-5-11-27-22(29)19-15-9-7-8-10-17(15)33-21(19)26-24(27)32-12-16(28)20-13(3)18(14(4)25-20)23(30)31-6-2/h25H,5-12H2,1-4H3. The van der Waals surface area contributed by atoms with Crippen molar-refractivity contribution in [2.45, 2.75) is 71.5 Å². The fourth-order valence-corrected chi connectivity index (χ4v) is 6.69. The Morgan fingerprint density at radius 1 is 1.21 bits per heavy atom. The van der Waals surface area contributed by atoms with Crippen LogP contribution >= 0.6 is 23.1 Å². The van der Waals surface area contributed by atoms with Gasteiger partial charge in [0.05, 0.1) is 29.0 Å². The maximum absolute atomic E-state index is 13.4. The van der Waals surface area contributed by atoms with Crippen molar-refractivity contribution in [2.24, 2.45) is 0 Å². The van der Waals surface area contributed by atoms with Crippen molar-refractivity contribution < 1.29 is 14.3 Å². The lowest BCUT2D eigenvalue weighted by Crippen LogP contribution is -2.24. The van der Waals surface area contributed by atoms with Gasteiger partial charge in [-0.1, -0.05) is 18.7 Å². The van der Waals surface area contributed by atoms with Crippen molar-refractivity contribution >= 4 is 45.1 Å². The molecule has 0 atom stereocenters. The molecule has 3 aromatic rings. The first-order chi connectivity index (χ1) is 15.9. The molecule has 4 rings (SSSR count). The highest BCUT2D eigenvalue weighted by molar-refractivity contribution is 7.99. The Balaban J connectivity index is 1.64. The lowest BCUT2D eigenvalue weighted by Gasteiger charge is -2.12. The van der Waals surface area contributed by atoms with E-state index in [2.05, 4.69) is 4.98 Å². The molecular weight excluding hydrogens is 458 g/mol. The van der Waals surface area contributed by atoms with Gasteiger partial charge in [0.2, 0.25) is 0 Å². The molecule has 33 heavy (non-hydrogen) atoms. The van der Waals surface area contributed by atoms with E-state index in [0.717, 1.165) is 42.3 Å². The van der Waals surface area contributed by atoms with Crippen LogP contribution in [0.3, 0.4) is 0 Å². The van der Waals surface area contributed by atoms with Crippen LogP contribution in [0.1, 0.15) is 75.7 Å². The van der Waals surface area contributed by atoms with Gasteiger partial charge in [-0.2, -0.15) is 0 Å². The number of fused-ring (bicyclic) bond motifs is 3. The van der Waals surface area contributed by atoms with Gasteiger partial charge in [-0.3, -0.25) is 14.2 Å². The van der Waals surface area contributed by atoms with Crippen LogP contribution in [0.15, 0.2) is 9.95 Å². The zero-order valence-electron chi connectivity index (χ0n) is 19.5. The molecule has 1 aliphatic carbocycles. The number of hydrogen-bond donors (Lipinski definition) is 1. The summed E-state index contributed by atoms with van der Waals surface area (Å²) in [5.74, 6) is -0.449. The van der Waals surface area contributed by atoms with Crippen molar-refractivity contribution in [1.82, 2.24) is 14.5 Å². The normalized spacial score (nSPS) is 13.3. The maximum atomic E-state index is 13.4. The van der Waals surface area contributed by atoms with Crippen molar-refractivity contribution in [1.29, 1.82) is 0 Å². The Morgan fingerprint density at radius 2 is 1.97 bits per heavy atom. The van der Waals surface area contributed by atoms with Crippen LogP contribution in [0.5, 0.6) is 0 Å². The first-order valence-corrected chi connectivity index (χ1v) is 13.2. The zero-order chi connectivity index (χ0) is 23.7. The summed E-state index contributed by atoms with van der Waals surface area (Å²) in [6, 6.07) is 0. The largest absolute Gasteiger partial charge is 0.462 e. The molecule has 3 heterocycles. The number of aryl methyl sites for hydroxylation is 3. The molecule has 1 N–H and O–H groups in total. The molecule has 7 nitrogen and oxygen atoms in total. The third kappa shape index (κ3) is 4.40. The van der Waals surface area contributed by atoms with Crippen LogP contribution in [-0.2, 0) is 24.1 Å². The number of carbonyl (C=O) groups excluding carboxylic acids is 2. The Labute approximate surface area is 200 Å².